The fourth-order valence-corrected chi connectivity index (χ4v) is 2.56. The van der Waals surface area contributed by atoms with Crippen LogP contribution in [0.3, 0.4) is 0 Å². The van der Waals surface area contributed by atoms with Gasteiger partial charge in [0, 0.05) is 12.1 Å². The minimum Gasteiger partial charge on any atom is -0.508 e. The van der Waals surface area contributed by atoms with Gasteiger partial charge in [-0.1, -0.05) is 38.3 Å². The molecule has 0 N–H and O–H groups in total. The van der Waals surface area contributed by atoms with Crippen LogP contribution in [0.15, 0.2) is 24.3 Å². The summed E-state index contributed by atoms with van der Waals surface area (Å²) in [6, 6.07) is 0.263. The average Bonchev–Trinajstić information content (AvgIpc) is 2.86. The van der Waals surface area contributed by atoms with Gasteiger partial charge in [0.05, 0.1) is 0 Å². The van der Waals surface area contributed by atoms with Crippen LogP contribution >= 0.6 is 0 Å². The summed E-state index contributed by atoms with van der Waals surface area (Å²) in [5.74, 6) is 0.667. The Balaban J connectivity index is 0.00000441. The van der Waals surface area contributed by atoms with E-state index in [-0.39, 0.29) is 43.0 Å². The second kappa shape index (κ2) is 10.1. The van der Waals surface area contributed by atoms with E-state index in [0.29, 0.717) is 5.92 Å². The summed E-state index contributed by atoms with van der Waals surface area (Å²) < 4.78 is 5.74. The van der Waals surface area contributed by atoms with Gasteiger partial charge in [-0.25, -0.2) is 10.9 Å². The first-order valence-electron chi connectivity index (χ1n) is 8.04. The van der Waals surface area contributed by atoms with Gasteiger partial charge in [0.15, 0.2) is 0 Å². The van der Waals surface area contributed by atoms with Crippen LogP contribution in [0.2, 0.25) is 0 Å². The number of hydrogen-bond donors (Lipinski definition) is 0. The minimum atomic E-state index is -0.247. The summed E-state index contributed by atoms with van der Waals surface area (Å²) in [6.07, 6.45) is 11.0. The normalized spacial score (nSPS) is 17.4. The van der Waals surface area contributed by atoms with Crippen molar-refractivity contribution in [3.05, 3.63) is 30.4 Å². The van der Waals surface area contributed by atoms with Crippen molar-refractivity contribution in [1.29, 1.82) is 0 Å². The number of amides is 1. The van der Waals surface area contributed by atoms with Crippen molar-refractivity contribution >= 4 is 6.09 Å². The number of carbonyl (C=O) groups excluding carboxylic acids is 1. The Kier molecular flexibility index (Phi) is 9.72. The Morgan fingerprint density at radius 3 is 2.23 bits per heavy atom. The quantitative estimate of drug-likeness (QED) is 0.426. The standard InChI is InChI=1S/C18H30NO2.Li/c1-13(2)11-12-17(16-9-7-8-10-16)21-18(20)19(14(3)4)15(5)6;/h7,9,11-16H,8,10H2,1-6H3;/q-1;+1/b12-11+;. The van der Waals surface area contributed by atoms with Crippen LogP contribution in [0.4, 0.5) is 4.79 Å². The maximum absolute atomic E-state index is 12.5. The van der Waals surface area contributed by atoms with Crippen LogP contribution < -0.4 is 18.9 Å². The van der Waals surface area contributed by atoms with Gasteiger partial charge in [-0.05, 0) is 46.1 Å². The first-order valence-corrected chi connectivity index (χ1v) is 8.04. The molecule has 1 aliphatic rings. The molecule has 0 aromatic rings. The zero-order chi connectivity index (χ0) is 16.0. The molecule has 22 heavy (non-hydrogen) atoms. The zero-order valence-corrected chi connectivity index (χ0v) is 15.3. The van der Waals surface area contributed by atoms with Gasteiger partial charge < -0.3 is 9.64 Å². The third-order valence-corrected chi connectivity index (χ3v) is 3.55. The number of carbonyl (C=O) groups is 1. The van der Waals surface area contributed by atoms with Gasteiger partial charge in [0.1, 0.15) is 0 Å². The molecule has 0 saturated heterocycles. The summed E-state index contributed by atoms with van der Waals surface area (Å²) in [5, 5.41) is 0. The Hall–Kier alpha value is -0.783. The molecule has 0 saturated carbocycles. The maximum Gasteiger partial charge on any atom is 1.00 e. The van der Waals surface area contributed by atoms with E-state index in [2.05, 4.69) is 32.1 Å². The molecule has 1 rings (SSSR count). The van der Waals surface area contributed by atoms with E-state index in [1.54, 1.807) is 4.90 Å². The number of allylic oxidation sites excluding steroid dienone is 2. The molecule has 0 bridgehead atoms. The van der Waals surface area contributed by atoms with Gasteiger partial charge in [-0.2, -0.15) is 6.08 Å². The second-order valence-electron chi connectivity index (χ2n) is 6.58. The number of ether oxygens (including phenoxy) is 1. The third kappa shape index (κ3) is 6.54. The van der Waals surface area contributed by atoms with Crippen LogP contribution in [0.25, 0.3) is 0 Å². The first-order chi connectivity index (χ1) is 9.82. The third-order valence-electron chi connectivity index (χ3n) is 3.55. The van der Waals surface area contributed by atoms with E-state index in [0.717, 1.165) is 18.9 Å². The SMILES string of the molecule is CC(C)/C=C/[C-](OC(=O)N(C(C)C)C(C)C)C1C=CCC1.[Li+]. The van der Waals surface area contributed by atoms with Crippen molar-refractivity contribution in [2.45, 2.75) is 66.5 Å². The number of hydrogen-bond acceptors (Lipinski definition) is 2. The predicted molar refractivity (Wildman–Crippen MR) is 87.7 cm³/mol. The Morgan fingerprint density at radius 1 is 1.23 bits per heavy atom. The number of rotatable bonds is 6. The van der Waals surface area contributed by atoms with E-state index < -0.39 is 0 Å². The molecule has 1 aliphatic carbocycles. The number of nitrogens with zero attached hydrogens (tertiary/aromatic N) is 1. The molecule has 0 spiro atoms. The zero-order valence-electron chi connectivity index (χ0n) is 15.3. The predicted octanol–water partition coefficient (Wildman–Crippen LogP) is 1.96. The van der Waals surface area contributed by atoms with Crippen molar-refractivity contribution in [3.63, 3.8) is 0 Å². The summed E-state index contributed by atoms with van der Waals surface area (Å²) in [5.41, 5.74) is 0. The molecule has 0 aromatic heterocycles. The van der Waals surface area contributed by atoms with Crippen LogP contribution in [0, 0.1) is 17.9 Å². The van der Waals surface area contributed by atoms with E-state index in [9.17, 15) is 4.79 Å². The molecule has 4 heteroatoms. The van der Waals surface area contributed by atoms with Gasteiger partial charge >= 0.3 is 25.0 Å². The molecule has 3 nitrogen and oxygen atoms in total. The second-order valence-corrected chi connectivity index (χ2v) is 6.58. The molecule has 1 unspecified atom stereocenters. The van der Waals surface area contributed by atoms with Crippen LogP contribution in [0.5, 0.6) is 0 Å². The van der Waals surface area contributed by atoms with Crippen LogP contribution in [-0.4, -0.2) is 23.1 Å². The molecular weight excluding hydrogens is 269 g/mol. The van der Waals surface area contributed by atoms with Crippen molar-refractivity contribution in [1.82, 2.24) is 4.90 Å². The molecular formula is C18H30LiNO2. The van der Waals surface area contributed by atoms with Gasteiger partial charge in [0.2, 0.25) is 0 Å². The first kappa shape index (κ1) is 21.2. The van der Waals surface area contributed by atoms with Gasteiger partial charge in [0.25, 0.3) is 0 Å². The van der Waals surface area contributed by atoms with Crippen molar-refractivity contribution in [3.8, 4) is 0 Å². The monoisotopic (exact) mass is 299 g/mol. The molecule has 1 amide bonds. The van der Waals surface area contributed by atoms with Gasteiger partial charge in [-0.3, -0.25) is 0 Å². The topological polar surface area (TPSA) is 29.5 Å². The van der Waals surface area contributed by atoms with Gasteiger partial charge in [-0.15, -0.1) is 0 Å². The van der Waals surface area contributed by atoms with E-state index in [1.807, 2.05) is 33.8 Å². The fourth-order valence-electron chi connectivity index (χ4n) is 2.56. The van der Waals surface area contributed by atoms with E-state index >= 15 is 0 Å². The molecule has 0 aromatic carbocycles. The largest absolute Gasteiger partial charge is 1.00 e. The summed E-state index contributed by atoms with van der Waals surface area (Å²) >= 11 is 0. The molecule has 120 valence electrons. The Labute approximate surface area is 148 Å². The fraction of sp³-hybridized carbons (Fsp3) is 0.667. The summed E-state index contributed by atoms with van der Waals surface area (Å²) in [7, 11) is 0. The molecule has 0 radical (unpaired) electrons. The smallest absolute Gasteiger partial charge is 0.508 e. The molecule has 1 atom stereocenters. The Morgan fingerprint density at radius 2 is 1.82 bits per heavy atom. The van der Waals surface area contributed by atoms with E-state index in [1.165, 1.54) is 0 Å². The van der Waals surface area contributed by atoms with Crippen molar-refractivity contribution < 1.29 is 28.4 Å². The van der Waals surface area contributed by atoms with Crippen LogP contribution in [-0.2, 0) is 4.74 Å². The van der Waals surface area contributed by atoms with E-state index in [4.69, 9.17) is 4.74 Å². The molecule has 0 heterocycles. The summed E-state index contributed by atoms with van der Waals surface area (Å²) in [4.78, 5) is 14.2. The maximum atomic E-state index is 12.5. The average molecular weight is 299 g/mol. The van der Waals surface area contributed by atoms with Crippen molar-refractivity contribution in [2.75, 3.05) is 0 Å². The molecule has 0 fully saturated rings. The Bertz CT molecular complexity index is 381. The van der Waals surface area contributed by atoms with Crippen molar-refractivity contribution in [2.24, 2.45) is 11.8 Å². The van der Waals surface area contributed by atoms with Crippen LogP contribution in [0.1, 0.15) is 54.4 Å². The summed E-state index contributed by atoms with van der Waals surface area (Å²) in [6.45, 7) is 12.3. The minimum absolute atomic E-state index is 0. The molecule has 0 aliphatic heterocycles.